The minimum atomic E-state index is -0.335. The van der Waals surface area contributed by atoms with E-state index in [-0.39, 0.29) is 12.1 Å². The second-order valence-electron chi connectivity index (χ2n) is 3.48. The molecule has 1 aromatic rings. The van der Waals surface area contributed by atoms with E-state index in [0.29, 0.717) is 6.61 Å². The normalized spacial score (nSPS) is 12.2. The van der Waals surface area contributed by atoms with Crippen LogP contribution in [0.4, 0.5) is 4.79 Å². The lowest BCUT2D eigenvalue weighted by Gasteiger charge is -2.12. The fourth-order valence-corrected chi connectivity index (χ4v) is 2.34. The molecule has 1 N–H and O–H groups in total. The molecular weight excluding hydrogens is 210 g/mol. The van der Waals surface area contributed by atoms with Gasteiger partial charge in [0.1, 0.15) is 0 Å². The SMILES string of the molecule is CCOC(=O)NC(C)Cc1ccc(C)s1. The number of hydrogen-bond donors (Lipinski definition) is 1. The van der Waals surface area contributed by atoms with Gasteiger partial charge in [-0.1, -0.05) is 0 Å². The molecule has 0 aliphatic carbocycles. The number of amides is 1. The Kier molecular flexibility index (Phi) is 4.62. The van der Waals surface area contributed by atoms with Gasteiger partial charge < -0.3 is 10.1 Å². The van der Waals surface area contributed by atoms with E-state index in [1.165, 1.54) is 9.75 Å². The molecule has 1 amide bonds. The van der Waals surface area contributed by atoms with Crippen molar-refractivity contribution in [2.45, 2.75) is 33.2 Å². The summed E-state index contributed by atoms with van der Waals surface area (Å²) < 4.78 is 4.81. The molecule has 1 unspecified atom stereocenters. The van der Waals surface area contributed by atoms with Crippen LogP contribution in [0.3, 0.4) is 0 Å². The van der Waals surface area contributed by atoms with E-state index in [9.17, 15) is 4.79 Å². The number of alkyl carbamates (subject to hydrolysis) is 1. The number of aryl methyl sites for hydroxylation is 1. The Morgan fingerprint density at radius 2 is 2.33 bits per heavy atom. The molecule has 0 saturated heterocycles. The lowest BCUT2D eigenvalue weighted by atomic mass is 10.2. The minimum absolute atomic E-state index is 0.113. The van der Waals surface area contributed by atoms with Gasteiger partial charge in [-0.05, 0) is 32.9 Å². The summed E-state index contributed by atoms with van der Waals surface area (Å²) in [6.07, 6.45) is 0.524. The molecule has 3 nitrogen and oxygen atoms in total. The molecule has 0 aliphatic heterocycles. The average Bonchev–Trinajstić information content (AvgIpc) is 2.51. The van der Waals surface area contributed by atoms with Gasteiger partial charge >= 0.3 is 6.09 Å². The highest BCUT2D eigenvalue weighted by Gasteiger charge is 2.09. The van der Waals surface area contributed by atoms with Gasteiger partial charge in [-0.15, -0.1) is 11.3 Å². The monoisotopic (exact) mass is 227 g/mol. The summed E-state index contributed by atoms with van der Waals surface area (Å²) in [4.78, 5) is 13.7. The Labute approximate surface area is 94.5 Å². The summed E-state index contributed by atoms with van der Waals surface area (Å²) in [6.45, 7) is 6.27. The van der Waals surface area contributed by atoms with Crippen molar-refractivity contribution in [1.82, 2.24) is 5.32 Å². The van der Waals surface area contributed by atoms with Crippen molar-refractivity contribution in [3.63, 3.8) is 0 Å². The lowest BCUT2D eigenvalue weighted by Crippen LogP contribution is -2.34. The van der Waals surface area contributed by atoms with E-state index in [1.807, 2.05) is 6.92 Å². The van der Waals surface area contributed by atoms with Crippen LogP contribution in [0.5, 0.6) is 0 Å². The van der Waals surface area contributed by atoms with E-state index in [1.54, 1.807) is 18.3 Å². The predicted molar refractivity (Wildman–Crippen MR) is 62.4 cm³/mol. The highest BCUT2D eigenvalue weighted by molar-refractivity contribution is 7.11. The second-order valence-corrected chi connectivity index (χ2v) is 4.85. The van der Waals surface area contributed by atoms with Crippen LogP contribution in [0.15, 0.2) is 12.1 Å². The minimum Gasteiger partial charge on any atom is -0.450 e. The molecule has 1 heterocycles. The number of rotatable bonds is 4. The van der Waals surface area contributed by atoms with Crippen molar-refractivity contribution < 1.29 is 9.53 Å². The summed E-state index contributed by atoms with van der Waals surface area (Å²) in [7, 11) is 0. The third-order valence-corrected chi connectivity index (χ3v) is 2.97. The number of carbonyl (C=O) groups is 1. The molecule has 0 radical (unpaired) electrons. The first kappa shape index (κ1) is 12.0. The highest BCUT2D eigenvalue weighted by atomic mass is 32.1. The zero-order valence-corrected chi connectivity index (χ0v) is 10.2. The van der Waals surface area contributed by atoms with Crippen molar-refractivity contribution in [3.05, 3.63) is 21.9 Å². The van der Waals surface area contributed by atoms with Crippen LogP contribution in [-0.2, 0) is 11.2 Å². The van der Waals surface area contributed by atoms with Crippen molar-refractivity contribution in [1.29, 1.82) is 0 Å². The van der Waals surface area contributed by atoms with Crippen LogP contribution >= 0.6 is 11.3 Å². The van der Waals surface area contributed by atoms with E-state index in [2.05, 4.69) is 24.4 Å². The van der Waals surface area contributed by atoms with Gasteiger partial charge in [-0.25, -0.2) is 4.79 Å². The number of hydrogen-bond acceptors (Lipinski definition) is 3. The van der Waals surface area contributed by atoms with Gasteiger partial charge in [0.25, 0.3) is 0 Å². The first-order valence-corrected chi connectivity index (χ1v) is 5.92. The smallest absolute Gasteiger partial charge is 0.407 e. The summed E-state index contributed by atoms with van der Waals surface area (Å²) in [5.74, 6) is 0. The van der Waals surface area contributed by atoms with Gasteiger partial charge in [0.15, 0.2) is 0 Å². The topological polar surface area (TPSA) is 38.3 Å². The Bertz CT molecular complexity index is 322. The summed E-state index contributed by atoms with van der Waals surface area (Å²) in [5, 5.41) is 2.78. The Balaban J connectivity index is 2.35. The number of carbonyl (C=O) groups excluding carboxylic acids is 1. The number of thiophene rings is 1. The Morgan fingerprint density at radius 3 is 2.87 bits per heavy atom. The Hall–Kier alpha value is -1.03. The van der Waals surface area contributed by atoms with E-state index in [0.717, 1.165) is 6.42 Å². The molecule has 0 aromatic carbocycles. The van der Waals surface area contributed by atoms with Gasteiger partial charge in [0.2, 0.25) is 0 Å². The van der Waals surface area contributed by atoms with Crippen LogP contribution < -0.4 is 5.32 Å². The van der Waals surface area contributed by atoms with Crippen LogP contribution in [0.2, 0.25) is 0 Å². The van der Waals surface area contributed by atoms with E-state index in [4.69, 9.17) is 4.74 Å². The van der Waals surface area contributed by atoms with Crippen molar-refractivity contribution in [2.24, 2.45) is 0 Å². The molecular formula is C11H17NO2S. The molecule has 1 aromatic heterocycles. The maximum Gasteiger partial charge on any atom is 0.407 e. The van der Waals surface area contributed by atoms with Crippen molar-refractivity contribution >= 4 is 17.4 Å². The predicted octanol–water partition coefficient (Wildman–Crippen LogP) is 2.73. The number of nitrogens with one attached hydrogen (secondary N) is 1. The molecule has 0 saturated carbocycles. The molecule has 0 bridgehead atoms. The molecule has 84 valence electrons. The van der Waals surface area contributed by atoms with Crippen LogP contribution in [0, 0.1) is 6.92 Å². The first-order valence-electron chi connectivity index (χ1n) is 5.10. The summed E-state index contributed by atoms with van der Waals surface area (Å²) in [6, 6.07) is 4.31. The molecule has 1 atom stereocenters. The summed E-state index contributed by atoms with van der Waals surface area (Å²) >= 11 is 1.76. The summed E-state index contributed by atoms with van der Waals surface area (Å²) in [5.41, 5.74) is 0. The standard InChI is InChI=1S/C11H17NO2S/c1-4-14-11(13)12-8(2)7-10-6-5-9(3)15-10/h5-6,8H,4,7H2,1-3H3,(H,12,13). The highest BCUT2D eigenvalue weighted by Crippen LogP contribution is 2.16. The van der Waals surface area contributed by atoms with Crippen LogP contribution in [0.25, 0.3) is 0 Å². The molecule has 0 fully saturated rings. The molecule has 0 aliphatic rings. The molecule has 0 spiro atoms. The third-order valence-electron chi connectivity index (χ3n) is 1.94. The van der Waals surface area contributed by atoms with Gasteiger partial charge in [-0.2, -0.15) is 0 Å². The Morgan fingerprint density at radius 1 is 1.60 bits per heavy atom. The fraction of sp³-hybridized carbons (Fsp3) is 0.545. The van der Waals surface area contributed by atoms with Crippen LogP contribution in [-0.4, -0.2) is 18.7 Å². The van der Waals surface area contributed by atoms with Gasteiger partial charge in [0.05, 0.1) is 6.61 Å². The zero-order chi connectivity index (χ0) is 11.3. The fourth-order valence-electron chi connectivity index (χ4n) is 1.32. The van der Waals surface area contributed by atoms with Gasteiger partial charge in [0, 0.05) is 22.2 Å². The zero-order valence-electron chi connectivity index (χ0n) is 9.37. The average molecular weight is 227 g/mol. The largest absolute Gasteiger partial charge is 0.450 e. The first-order chi connectivity index (χ1) is 7.11. The molecule has 15 heavy (non-hydrogen) atoms. The second kappa shape index (κ2) is 5.75. The van der Waals surface area contributed by atoms with Gasteiger partial charge in [-0.3, -0.25) is 0 Å². The van der Waals surface area contributed by atoms with E-state index >= 15 is 0 Å². The van der Waals surface area contributed by atoms with Crippen molar-refractivity contribution in [2.75, 3.05) is 6.61 Å². The van der Waals surface area contributed by atoms with Crippen LogP contribution in [0.1, 0.15) is 23.6 Å². The molecule has 4 heteroatoms. The van der Waals surface area contributed by atoms with E-state index < -0.39 is 0 Å². The third kappa shape index (κ3) is 4.34. The quantitative estimate of drug-likeness (QED) is 0.859. The maximum atomic E-state index is 11.1. The maximum absolute atomic E-state index is 11.1. The lowest BCUT2D eigenvalue weighted by molar-refractivity contribution is 0.149. The van der Waals surface area contributed by atoms with Crippen molar-refractivity contribution in [3.8, 4) is 0 Å². The number of ether oxygens (including phenoxy) is 1. The molecule has 1 rings (SSSR count).